The van der Waals surface area contributed by atoms with E-state index in [1.54, 1.807) is 6.07 Å². The molecule has 4 aromatic carbocycles. The molecule has 8 heteroatoms. The predicted octanol–water partition coefficient (Wildman–Crippen LogP) is 6.31. The molecule has 1 atom stereocenters. The maximum absolute atomic E-state index is 12.3. The number of ether oxygens (including phenoxy) is 1. The molecular weight excluding hydrogens is 619 g/mol. The Morgan fingerprint density at radius 3 is 2.17 bits per heavy atom. The van der Waals surface area contributed by atoms with Crippen molar-refractivity contribution >= 4 is 21.6 Å². The van der Waals surface area contributed by atoms with Gasteiger partial charge in [0.15, 0.2) is 0 Å². The van der Waals surface area contributed by atoms with Crippen LogP contribution < -0.4 is 10.2 Å². The first-order valence-electron chi connectivity index (χ1n) is 16.5. The molecule has 248 valence electrons. The summed E-state index contributed by atoms with van der Waals surface area (Å²) in [7, 11) is 2.10. The molecule has 4 N–H and O–H groups in total. The summed E-state index contributed by atoms with van der Waals surface area (Å²) in [6.07, 6.45) is 6.50. The van der Waals surface area contributed by atoms with Crippen LogP contribution in [0.4, 0.5) is 0 Å². The SMILES string of the molecule is CC1C=C(C(O)(c2ccccc2)c2ccccc2)C=C(CN(C)CCc2ccc(CCNCCc3ccc(O)c4[nH]c(=O)sc34)cc2)O1. The summed E-state index contributed by atoms with van der Waals surface area (Å²) in [5.74, 6) is 0.957. The van der Waals surface area contributed by atoms with Gasteiger partial charge in [-0.15, -0.1) is 0 Å². The van der Waals surface area contributed by atoms with Crippen molar-refractivity contribution in [3.05, 3.63) is 158 Å². The molecule has 48 heavy (non-hydrogen) atoms. The van der Waals surface area contributed by atoms with Gasteiger partial charge in [-0.1, -0.05) is 102 Å². The van der Waals surface area contributed by atoms with Crippen molar-refractivity contribution in [3.8, 4) is 5.75 Å². The van der Waals surface area contributed by atoms with E-state index in [-0.39, 0.29) is 16.7 Å². The van der Waals surface area contributed by atoms with E-state index in [2.05, 4.69) is 46.5 Å². The van der Waals surface area contributed by atoms with Crippen molar-refractivity contribution in [3.63, 3.8) is 0 Å². The van der Waals surface area contributed by atoms with Gasteiger partial charge in [0.2, 0.25) is 0 Å². The smallest absolute Gasteiger partial charge is 0.305 e. The zero-order valence-electron chi connectivity index (χ0n) is 27.5. The van der Waals surface area contributed by atoms with Crippen LogP contribution in [-0.4, -0.2) is 59.4 Å². The lowest BCUT2D eigenvalue weighted by molar-refractivity contribution is 0.105. The zero-order chi connectivity index (χ0) is 33.5. The van der Waals surface area contributed by atoms with E-state index < -0.39 is 5.60 Å². The highest BCUT2D eigenvalue weighted by molar-refractivity contribution is 7.16. The van der Waals surface area contributed by atoms with Gasteiger partial charge in [-0.2, -0.15) is 0 Å². The third-order valence-corrected chi connectivity index (χ3v) is 9.86. The number of hydrogen-bond acceptors (Lipinski definition) is 7. The first-order chi connectivity index (χ1) is 23.3. The first-order valence-corrected chi connectivity index (χ1v) is 17.3. The van der Waals surface area contributed by atoms with Crippen molar-refractivity contribution in [2.45, 2.75) is 37.9 Å². The highest BCUT2D eigenvalue weighted by Crippen LogP contribution is 2.39. The summed E-state index contributed by atoms with van der Waals surface area (Å²) in [5.41, 5.74) is 5.36. The standard InChI is InChI=1S/C40H43N3O4S/c1-28-25-34(40(46,32-9-5-3-6-10-32)33-11-7-4-8-12-33)26-35(47-28)27-43(2)24-21-30-15-13-29(14-16-30)19-22-41-23-20-31-17-18-36(44)37-38(31)48-39(45)42-37/h3-18,25-26,28,41,44,46H,19-24,27H2,1-2H3,(H,42,45). The number of aromatic nitrogens is 1. The molecule has 6 rings (SSSR count). The van der Waals surface area contributed by atoms with Gasteiger partial charge in [0.25, 0.3) is 0 Å². The molecule has 0 amide bonds. The number of rotatable bonds is 14. The lowest BCUT2D eigenvalue weighted by Crippen LogP contribution is -2.33. The van der Waals surface area contributed by atoms with Crippen LogP contribution in [0.3, 0.4) is 0 Å². The van der Waals surface area contributed by atoms with Gasteiger partial charge in [0.05, 0.1) is 11.2 Å². The van der Waals surface area contributed by atoms with E-state index in [0.717, 1.165) is 83.0 Å². The molecule has 7 nitrogen and oxygen atoms in total. The predicted molar refractivity (Wildman–Crippen MR) is 195 cm³/mol. The average Bonchev–Trinajstić information content (AvgIpc) is 3.51. The number of H-pyrrole nitrogens is 1. The minimum Gasteiger partial charge on any atom is -0.506 e. The number of hydrogen-bond donors (Lipinski definition) is 4. The molecular formula is C40H43N3O4S. The summed E-state index contributed by atoms with van der Waals surface area (Å²) >= 11 is 1.15. The minimum absolute atomic E-state index is 0.115. The fourth-order valence-corrected chi connectivity index (χ4v) is 7.23. The van der Waals surface area contributed by atoms with E-state index in [0.29, 0.717) is 12.1 Å². The summed E-state index contributed by atoms with van der Waals surface area (Å²) in [4.78, 5) is 16.6. The molecule has 0 radical (unpaired) electrons. The van der Waals surface area contributed by atoms with Crippen molar-refractivity contribution < 1.29 is 14.9 Å². The van der Waals surface area contributed by atoms with E-state index in [4.69, 9.17) is 4.74 Å². The number of aromatic amines is 1. The number of phenolic OH excluding ortho intramolecular Hbond substituents is 1. The molecule has 0 saturated carbocycles. The van der Waals surface area contributed by atoms with Crippen LogP contribution in [0.25, 0.3) is 10.2 Å². The Morgan fingerprint density at radius 2 is 1.50 bits per heavy atom. The van der Waals surface area contributed by atoms with Crippen LogP contribution in [0.5, 0.6) is 5.75 Å². The van der Waals surface area contributed by atoms with Gasteiger partial charge in [0, 0.05) is 6.54 Å². The number of aromatic hydroxyl groups is 1. The normalized spacial score (nSPS) is 15.0. The second-order valence-electron chi connectivity index (χ2n) is 12.5. The Bertz CT molecular complexity index is 1890. The Hall–Kier alpha value is -4.47. The number of likely N-dealkylation sites (N-methyl/N-ethyl adjacent to an activating group) is 1. The zero-order valence-corrected chi connectivity index (χ0v) is 28.3. The molecule has 1 aromatic heterocycles. The molecule has 0 saturated heterocycles. The Kier molecular flexibility index (Phi) is 10.6. The molecule has 5 aromatic rings. The second-order valence-corrected chi connectivity index (χ2v) is 13.5. The van der Waals surface area contributed by atoms with Crippen LogP contribution in [-0.2, 0) is 29.6 Å². The van der Waals surface area contributed by atoms with Crippen LogP contribution in [0.15, 0.2) is 125 Å². The average molecular weight is 662 g/mol. The highest BCUT2D eigenvalue weighted by Gasteiger charge is 2.37. The van der Waals surface area contributed by atoms with E-state index in [1.165, 1.54) is 11.1 Å². The number of phenols is 1. The van der Waals surface area contributed by atoms with Gasteiger partial charge in [-0.25, -0.2) is 0 Å². The van der Waals surface area contributed by atoms with Crippen molar-refractivity contribution in [2.24, 2.45) is 0 Å². The first kappa shape index (κ1) is 33.4. The molecule has 1 aliphatic rings. The minimum atomic E-state index is -1.28. The summed E-state index contributed by atoms with van der Waals surface area (Å²) in [6, 6.07) is 32.0. The van der Waals surface area contributed by atoms with Crippen molar-refractivity contribution in [2.75, 3.05) is 33.2 Å². The van der Waals surface area contributed by atoms with Crippen LogP contribution in [0, 0.1) is 0 Å². The Balaban J connectivity index is 0.995. The molecule has 0 aliphatic carbocycles. The molecule has 0 spiro atoms. The van der Waals surface area contributed by atoms with Crippen LogP contribution in [0.2, 0.25) is 0 Å². The van der Waals surface area contributed by atoms with Crippen LogP contribution in [0.1, 0.15) is 34.7 Å². The fourth-order valence-electron chi connectivity index (χ4n) is 6.34. The third kappa shape index (κ3) is 7.80. The summed E-state index contributed by atoms with van der Waals surface area (Å²) in [5, 5.41) is 25.8. The topological polar surface area (TPSA) is 97.8 Å². The van der Waals surface area contributed by atoms with E-state index in [1.807, 2.05) is 85.8 Å². The number of thiazole rings is 1. The van der Waals surface area contributed by atoms with Gasteiger partial charge in [-0.05, 0) is 97.9 Å². The van der Waals surface area contributed by atoms with Gasteiger partial charge >= 0.3 is 4.87 Å². The number of aliphatic hydroxyl groups is 1. The van der Waals surface area contributed by atoms with Crippen LogP contribution >= 0.6 is 11.3 Å². The van der Waals surface area contributed by atoms with Gasteiger partial charge in [0.1, 0.15) is 28.7 Å². The number of nitrogens with one attached hydrogen (secondary N) is 2. The fraction of sp³-hybridized carbons (Fsp3) is 0.275. The summed E-state index contributed by atoms with van der Waals surface area (Å²) in [6.45, 7) is 5.19. The van der Waals surface area contributed by atoms with E-state index in [9.17, 15) is 15.0 Å². The monoisotopic (exact) mass is 661 g/mol. The van der Waals surface area contributed by atoms with E-state index >= 15 is 0 Å². The van der Waals surface area contributed by atoms with Crippen molar-refractivity contribution in [1.82, 2.24) is 15.2 Å². The number of benzene rings is 4. The molecule has 1 aliphatic heterocycles. The molecule has 2 heterocycles. The Labute approximate surface area is 285 Å². The number of nitrogens with zero attached hydrogens (tertiary/aromatic N) is 1. The molecule has 0 bridgehead atoms. The highest BCUT2D eigenvalue weighted by atomic mass is 32.1. The molecule has 1 unspecified atom stereocenters. The summed E-state index contributed by atoms with van der Waals surface area (Å²) < 4.78 is 7.06. The third-order valence-electron chi connectivity index (χ3n) is 8.90. The van der Waals surface area contributed by atoms with Crippen molar-refractivity contribution in [1.29, 1.82) is 0 Å². The maximum atomic E-state index is 12.3. The largest absolute Gasteiger partial charge is 0.506 e. The molecule has 0 fully saturated rings. The maximum Gasteiger partial charge on any atom is 0.305 e. The number of fused-ring (bicyclic) bond motifs is 1. The van der Waals surface area contributed by atoms with Gasteiger partial charge < -0.3 is 25.3 Å². The Morgan fingerprint density at radius 1 is 0.875 bits per heavy atom. The lowest BCUT2D eigenvalue weighted by Gasteiger charge is -2.34. The lowest BCUT2D eigenvalue weighted by atomic mass is 9.78. The quantitative estimate of drug-likeness (QED) is 0.104. The second kappa shape index (κ2) is 15.2. The van der Waals surface area contributed by atoms with Gasteiger partial charge in [-0.3, -0.25) is 9.69 Å².